The van der Waals surface area contributed by atoms with Crippen LogP contribution in [0.5, 0.6) is 0 Å². The van der Waals surface area contributed by atoms with Gasteiger partial charge < -0.3 is 21.2 Å². The van der Waals surface area contributed by atoms with Crippen LogP contribution in [0, 0.1) is 0 Å². The number of hydrogen-bond donors (Lipinski definition) is 3. The van der Waals surface area contributed by atoms with Crippen LogP contribution in [0.25, 0.3) is 11.0 Å². The molecule has 0 aliphatic heterocycles. The summed E-state index contributed by atoms with van der Waals surface area (Å²) in [6.45, 7) is 1.40. The number of nitrogen functional groups attached to an aromatic ring is 1. The molecule has 2 rings (SSSR count). The number of carbonyl (C=O) groups is 2. The van der Waals surface area contributed by atoms with E-state index < -0.39 is 5.91 Å². The molecule has 0 saturated carbocycles. The molecule has 0 saturated heterocycles. The molecule has 6 heteroatoms. The van der Waals surface area contributed by atoms with E-state index in [-0.39, 0.29) is 17.4 Å². The maximum atomic E-state index is 11.0. The zero-order valence-corrected chi connectivity index (χ0v) is 9.11. The summed E-state index contributed by atoms with van der Waals surface area (Å²) in [4.78, 5) is 21.9. The number of nitrogens with one attached hydrogen (secondary N) is 1. The molecule has 1 aromatic heterocycles. The van der Waals surface area contributed by atoms with Crippen LogP contribution in [0.15, 0.2) is 22.6 Å². The highest BCUT2D eigenvalue weighted by Crippen LogP contribution is 2.30. The molecule has 1 heterocycles. The van der Waals surface area contributed by atoms with Crippen LogP contribution >= 0.6 is 0 Å². The highest BCUT2D eigenvalue weighted by molar-refractivity contribution is 6.06. The summed E-state index contributed by atoms with van der Waals surface area (Å²) in [5, 5.41) is 3.16. The molecule has 0 spiro atoms. The van der Waals surface area contributed by atoms with Gasteiger partial charge in [0.1, 0.15) is 5.58 Å². The van der Waals surface area contributed by atoms with Gasteiger partial charge in [0.25, 0.3) is 5.91 Å². The van der Waals surface area contributed by atoms with Crippen molar-refractivity contribution in [1.29, 1.82) is 0 Å². The van der Waals surface area contributed by atoms with Crippen molar-refractivity contribution in [2.24, 2.45) is 5.73 Å². The number of furan rings is 1. The lowest BCUT2D eigenvalue weighted by atomic mass is 10.2. The van der Waals surface area contributed by atoms with E-state index in [0.717, 1.165) is 0 Å². The van der Waals surface area contributed by atoms with E-state index in [2.05, 4.69) is 5.32 Å². The zero-order chi connectivity index (χ0) is 12.6. The Morgan fingerprint density at radius 1 is 1.35 bits per heavy atom. The van der Waals surface area contributed by atoms with Gasteiger partial charge in [-0.1, -0.05) is 0 Å². The van der Waals surface area contributed by atoms with Crippen LogP contribution in [0.2, 0.25) is 0 Å². The van der Waals surface area contributed by atoms with Crippen LogP contribution in [-0.4, -0.2) is 11.8 Å². The number of primary amides is 1. The summed E-state index contributed by atoms with van der Waals surface area (Å²) in [5.41, 5.74) is 12.1. The molecular weight excluding hydrogens is 222 g/mol. The van der Waals surface area contributed by atoms with Crippen molar-refractivity contribution in [2.45, 2.75) is 6.92 Å². The lowest BCUT2D eigenvalue weighted by molar-refractivity contribution is -0.114. The van der Waals surface area contributed by atoms with Crippen molar-refractivity contribution in [3.05, 3.63) is 24.0 Å². The van der Waals surface area contributed by atoms with Crippen molar-refractivity contribution < 1.29 is 14.0 Å². The van der Waals surface area contributed by atoms with Crippen molar-refractivity contribution >= 4 is 34.2 Å². The highest BCUT2D eigenvalue weighted by atomic mass is 16.3. The molecule has 0 radical (unpaired) electrons. The smallest absolute Gasteiger partial charge is 0.286 e. The molecule has 17 heavy (non-hydrogen) atoms. The molecule has 0 bridgehead atoms. The predicted molar refractivity (Wildman–Crippen MR) is 63.4 cm³/mol. The SMILES string of the molecule is CC(=O)Nc1ccc2oc(C(N)=O)c(N)c2c1. The van der Waals surface area contributed by atoms with E-state index in [1.54, 1.807) is 18.2 Å². The minimum atomic E-state index is -0.722. The first-order valence-corrected chi connectivity index (χ1v) is 4.88. The van der Waals surface area contributed by atoms with Gasteiger partial charge in [-0.2, -0.15) is 0 Å². The summed E-state index contributed by atoms with van der Waals surface area (Å²) >= 11 is 0. The average molecular weight is 233 g/mol. The third-order valence-electron chi connectivity index (χ3n) is 2.27. The summed E-state index contributed by atoms with van der Waals surface area (Å²) in [6.07, 6.45) is 0. The van der Waals surface area contributed by atoms with Gasteiger partial charge in [-0.3, -0.25) is 9.59 Å². The third-order valence-corrected chi connectivity index (χ3v) is 2.27. The zero-order valence-electron chi connectivity index (χ0n) is 9.11. The minimum absolute atomic E-state index is 0.0695. The fraction of sp³-hybridized carbons (Fsp3) is 0.0909. The molecule has 6 nitrogen and oxygen atoms in total. The standard InChI is InChI=1S/C11H11N3O3/c1-5(15)14-6-2-3-8-7(4-6)9(12)10(17-8)11(13)16/h2-4H,12H2,1H3,(H2,13,16)(H,14,15). The van der Waals surface area contributed by atoms with E-state index in [9.17, 15) is 9.59 Å². The molecule has 1 aromatic carbocycles. The Hall–Kier alpha value is -2.50. The number of hydrogen-bond acceptors (Lipinski definition) is 4. The first kappa shape index (κ1) is 11.0. The van der Waals surface area contributed by atoms with Crippen molar-refractivity contribution in [3.63, 3.8) is 0 Å². The fourth-order valence-electron chi connectivity index (χ4n) is 1.58. The molecular formula is C11H11N3O3. The molecule has 0 fully saturated rings. The highest BCUT2D eigenvalue weighted by Gasteiger charge is 2.16. The Labute approximate surface area is 96.6 Å². The topological polar surface area (TPSA) is 111 Å². The Morgan fingerprint density at radius 2 is 2.06 bits per heavy atom. The van der Waals surface area contributed by atoms with Gasteiger partial charge in [0.05, 0.1) is 5.69 Å². The Bertz CT molecular complexity index is 616. The number of carbonyl (C=O) groups excluding carboxylic acids is 2. The second-order valence-electron chi connectivity index (χ2n) is 3.60. The number of fused-ring (bicyclic) bond motifs is 1. The van der Waals surface area contributed by atoms with Gasteiger partial charge >= 0.3 is 0 Å². The predicted octanol–water partition coefficient (Wildman–Crippen LogP) is 1.07. The largest absolute Gasteiger partial charge is 0.449 e. The molecule has 0 aliphatic carbocycles. The van der Waals surface area contributed by atoms with Crippen LogP contribution in [0.4, 0.5) is 11.4 Å². The monoisotopic (exact) mass is 233 g/mol. The average Bonchev–Trinajstić information content (AvgIpc) is 2.56. The summed E-state index contributed by atoms with van der Waals surface area (Å²) < 4.78 is 5.21. The van der Waals surface area contributed by atoms with Crippen molar-refractivity contribution in [2.75, 3.05) is 11.1 Å². The molecule has 0 aliphatic rings. The van der Waals surface area contributed by atoms with E-state index in [4.69, 9.17) is 15.9 Å². The molecule has 88 valence electrons. The van der Waals surface area contributed by atoms with Crippen LogP contribution in [0.1, 0.15) is 17.5 Å². The molecule has 0 atom stereocenters. The van der Waals surface area contributed by atoms with Crippen LogP contribution in [0.3, 0.4) is 0 Å². The van der Waals surface area contributed by atoms with Crippen LogP contribution in [-0.2, 0) is 4.79 Å². The molecule has 5 N–H and O–H groups in total. The van der Waals surface area contributed by atoms with E-state index >= 15 is 0 Å². The van der Waals surface area contributed by atoms with Gasteiger partial charge in [0.2, 0.25) is 11.7 Å². The Morgan fingerprint density at radius 3 is 2.65 bits per heavy atom. The van der Waals surface area contributed by atoms with Gasteiger partial charge in [-0.15, -0.1) is 0 Å². The Kier molecular flexibility index (Phi) is 2.47. The number of amides is 2. The van der Waals surface area contributed by atoms with E-state index in [1.807, 2.05) is 0 Å². The van der Waals surface area contributed by atoms with Gasteiger partial charge in [-0.05, 0) is 18.2 Å². The lowest BCUT2D eigenvalue weighted by Gasteiger charge is -2.00. The number of anilines is 2. The fourth-order valence-corrected chi connectivity index (χ4v) is 1.58. The first-order chi connectivity index (χ1) is 7.99. The lowest BCUT2D eigenvalue weighted by Crippen LogP contribution is -2.11. The third kappa shape index (κ3) is 1.92. The number of nitrogens with two attached hydrogens (primary N) is 2. The second-order valence-corrected chi connectivity index (χ2v) is 3.60. The summed E-state index contributed by atoms with van der Waals surface area (Å²) in [7, 11) is 0. The first-order valence-electron chi connectivity index (χ1n) is 4.88. The summed E-state index contributed by atoms with van der Waals surface area (Å²) in [5.74, 6) is -0.985. The van der Waals surface area contributed by atoms with Crippen molar-refractivity contribution in [1.82, 2.24) is 0 Å². The maximum absolute atomic E-state index is 11.0. The molecule has 2 aromatic rings. The normalized spacial score (nSPS) is 10.4. The number of rotatable bonds is 2. The van der Waals surface area contributed by atoms with Crippen molar-refractivity contribution in [3.8, 4) is 0 Å². The van der Waals surface area contributed by atoms with Crippen LogP contribution < -0.4 is 16.8 Å². The Balaban J connectivity index is 2.57. The van der Waals surface area contributed by atoms with E-state index in [0.29, 0.717) is 16.7 Å². The number of benzene rings is 1. The molecule has 0 unspecified atom stereocenters. The van der Waals surface area contributed by atoms with Gasteiger partial charge in [0, 0.05) is 18.0 Å². The van der Waals surface area contributed by atoms with E-state index in [1.165, 1.54) is 6.92 Å². The molecule has 2 amide bonds. The minimum Gasteiger partial charge on any atom is -0.449 e. The summed E-state index contributed by atoms with van der Waals surface area (Å²) in [6, 6.07) is 4.89. The van der Waals surface area contributed by atoms with Gasteiger partial charge in [0.15, 0.2) is 0 Å². The second kappa shape index (κ2) is 3.82. The quantitative estimate of drug-likeness (QED) is 0.720. The van der Waals surface area contributed by atoms with Gasteiger partial charge in [-0.25, -0.2) is 0 Å². The maximum Gasteiger partial charge on any atom is 0.286 e.